The van der Waals surface area contributed by atoms with E-state index in [-0.39, 0.29) is 11.7 Å². The van der Waals surface area contributed by atoms with E-state index in [2.05, 4.69) is 10.3 Å². The van der Waals surface area contributed by atoms with E-state index in [9.17, 15) is 9.18 Å². The van der Waals surface area contributed by atoms with Crippen LogP contribution in [0.2, 0.25) is 5.02 Å². The highest BCUT2D eigenvalue weighted by molar-refractivity contribution is 7.21. The molecule has 0 unspecified atom stereocenters. The molecule has 0 aliphatic heterocycles. The monoisotopic (exact) mass is 308 g/mol. The summed E-state index contributed by atoms with van der Waals surface area (Å²) in [7, 11) is 0. The van der Waals surface area contributed by atoms with Crippen molar-refractivity contribution in [2.45, 2.75) is 6.54 Å². The van der Waals surface area contributed by atoms with Gasteiger partial charge in [-0.15, -0.1) is 11.3 Å². The number of carbonyl (C=O) groups excluding carboxylic acids is 1. The van der Waals surface area contributed by atoms with Gasteiger partial charge in [-0.05, 0) is 29.8 Å². The summed E-state index contributed by atoms with van der Waals surface area (Å²) in [6.07, 6.45) is 3.60. The molecule has 3 rings (SSSR count). The minimum atomic E-state index is -0.338. The minimum Gasteiger partial charge on any atom is -0.367 e. The van der Waals surface area contributed by atoms with Gasteiger partial charge in [0.1, 0.15) is 10.7 Å². The average Bonchev–Trinajstić information content (AvgIpc) is 3.04. The van der Waals surface area contributed by atoms with Crippen LogP contribution in [0, 0.1) is 5.82 Å². The first-order valence-corrected chi connectivity index (χ1v) is 7.12. The molecule has 6 heteroatoms. The molecular formula is C14H10ClFN2OS. The number of nitrogens with one attached hydrogen (secondary N) is 2. The number of hydrogen-bond donors (Lipinski definition) is 2. The zero-order chi connectivity index (χ0) is 14.1. The van der Waals surface area contributed by atoms with E-state index < -0.39 is 0 Å². The first-order valence-electron chi connectivity index (χ1n) is 5.92. The number of thiophene rings is 1. The molecular weight excluding hydrogens is 299 g/mol. The molecule has 3 aromatic rings. The minimum absolute atomic E-state index is 0.252. The molecule has 0 bridgehead atoms. The summed E-state index contributed by atoms with van der Waals surface area (Å²) in [5, 5.41) is 3.86. The van der Waals surface area contributed by atoms with Gasteiger partial charge >= 0.3 is 0 Å². The summed E-state index contributed by atoms with van der Waals surface area (Å²) in [6, 6.07) is 6.19. The normalized spacial score (nSPS) is 10.9. The van der Waals surface area contributed by atoms with Crippen molar-refractivity contribution in [1.82, 2.24) is 10.3 Å². The molecule has 1 amide bonds. The van der Waals surface area contributed by atoms with Crippen LogP contribution in [0.1, 0.15) is 15.2 Å². The van der Waals surface area contributed by atoms with Gasteiger partial charge in [-0.3, -0.25) is 4.79 Å². The van der Waals surface area contributed by atoms with Gasteiger partial charge in [0.25, 0.3) is 5.91 Å². The molecule has 1 aromatic carbocycles. The van der Waals surface area contributed by atoms with Crippen LogP contribution in [-0.4, -0.2) is 10.9 Å². The molecule has 2 heterocycles. The number of aromatic nitrogens is 1. The number of aromatic amines is 1. The molecule has 0 spiro atoms. The third-order valence-corrected chi connectivity index (χ3v) is 4.57. The Labute approximate surface area is 123 Å². The first-order chi connectivity index (χ1) is 9.65. The number of H-pyrrole nitrogens is 1. The fraction of sp³-hybridized carbons (Fsp3) is 0.0714. The van der Waals surface area contributed by atoms with Gasteiger partial charge in [-0.2, -0.15) is 0 Å². The van der Waals surface area contributed by atoms with Crippen molar-refractivity contribution in [3.63, 3.8) is 0 Å². The number of fused-ring (bicyclic) bond motifs is 1. The van der Waals surface area contributed by atoms with Crippen LogP contribution in [0.15, 0.2) is 36.7 Å². The molecule has 3 nitrogen and oxygen atoms in total. The predicted octanol–water partition coefficient (Wildman–Crippen LogP) is 3.95. The maximum atomic E-state index is 13.2. The molecule has 2 aromatic heterocycles. The maximum absolute atomic E-state index is 13.2. The predicted molar refractivity (Wildman–Crippen MR) is 78.8 cm³/mol. The summed E-state index contributed by atoms with van der Waals surface area (Å²) >= 11 is 7.38. The van der Waals surface area contributed by atoms with Crippen LogP contribution in [0.3, 0.4) is 0 Å². The summed E-state index contributed by atoms with van der Waals surface area (Å²) in [6.45, 7) is 0.418. The van der Waals surface area contributed by atoms with Gasteiger partial charge < -0.3 is 10.3 Å². The largest absolute Gasteiger partial charge is 0.367 e. The molecule has 0 aliphatic rings. The third-order valence-electron chi connectivity index (χ3n) is 2.91. The lowest BCUT2D eigenvalue weighted by Gasteiger charge is -2.01. The summed E-state index contributed by atoms with van der Waals surface area (Å²) in [5.41, 5.74) is 0.974. The molecule has 0 aliphatic carbocycles. The lowest BCUT2D eigenvalue weighted by molar-refractivity contribution is 0.0955. The zero-order valence-electron chi connectivity index (χ0n) is 10.2. The first kappa shape index (κ1) is 13.1. The number of carbonyl (C=O) groups is 1. The quantitative estimate of drug-likeness (QED) is 0.756. The van der Waals surface area contributed by atoms with Crippen LogP contribution >= 0.6 is 22.9 Å². The number of halogens is 2. The van der Waals surface area contributed by atoms with Crippen molar-refractivity contribution in [3.8, 4) is 0 Å². The van der Waals surface area contributed by atoms with Crippen LogP contribution in [0.4, 0.5) is 4.39 Å². The number of hydrogen-bond acceptors (Lipinski definition) is 2. The third kappa shape index (κ3) is 2.42. The Hall–Kier alpha value is -1.85. The van der Waals surface area contributed by atoms with Crippen LogP contribution in [0.5, 0.6) is 0 Å². The highest BCUT2D eigenvalue weighted by Crippen LogP contribution is 2.35. The van der Waals surface area contributed by atoms with E-state index in [4.69, 9.17) is 11.6 Å². The van der Waals surface area contributed by atoms with Crippen molar-refractivity contribution in [1.29, 1.82) is 0 Å². The summed E-state index contributed by atoms with van der Waals surface area (Å²) < 4.78 is 13.8. The van der Waals surface area contributed by atoms with Gasteiger partial charge in [-0.25, -0.2) is 4.39 Å². The van der Waals surface area contributed by atoms with E-state index in [1.807, 2.05) is 12.3 Å². The molecule has 2 N–H and O–H groups in total. The molecule has 0 saturated carbocycles. The Kier molecular flexibility index (Phi) is 3.46. The Morgan fingerprint density at radius 3 is 3.00 bits per heavy atom. The van der Waals surface area contributed by atoms with Crippen LogP contribution < -0.4 is 5.32 Å². The second kappa shape index (κ2) is 5.26. The maximum Gasteiger partial charge on any atom is 0.263 e. The van der Waals surface area contributed by atoms with Crippen molar-refractivity contribution >= 4 is 38.9 Å². The van der Waals surface area contributed by atoms with Crippen molar-refractivity contribution < 1.29 is 9.18 Å². The molecule has 102 valence electrons. The lowest BCUT2D eigenvalue weighted by Crippen LogP contribution is -2.21. The van der Waals surface area contributed by atoms with Crippen LogP contribution in [-0.2, 0) is 6.54 Å². The second-order valence-electron chi connectivity index (χ2n) is 4.29. The lowest BCUT2D eigenvalue weighted by atomic mass is 10.2. The summed E-state index contributed by atoms with van der Waals surface area (Å²) in [4.78, 5) is 15.4. The molecule has 20 heavy (non-hydrogen) atoms. The second-order valence-corrected chi connectivity index (χ2v) is 5.72. The number of rotatable bonds is 3. The Morgan fingerprint density at radius 2 is 2.25 bits per heavy atom. The van der Waals surface area contributed by atoms with E-state index in [0.717, 1.165) is 5.56 Å². The number of benzene rings is 1. The Balaban J connectivity index is 1.85. The molecule has 0 radical (unpaired) electrons. The summed E-state index contributed by atoms with van der Waals surface area (Å²) in [5.74, 6) is -0.590. The van der Waals surface area contributed by atoms with Gasteiger partial charge in [0.15, 0.2) is 0 Å². The fourth-order valence-corrected chi connectivity index (χ4v) is 3.37. The Bertz CT molecular complexity index is 767. The van der Waals surface area contributed by atoms with Gasteiger partial charge in [0, 0.05) is 29.0 Å². The number of amides is 1. The molecule has 0 atom stereocenters. The zero-order valence-corrected chi connectivity index (χ0v) is 11.8. The van der Waals surface area contributed by atoms with Gasteiger partial charge in [0.05, 0.1) is 5.02 Å². The fourth-order valence-electron chi connectivity index (χ4n) is 1.92. The van der Waals surface area contributed by atoms with Gasteiger partial charge in [-0.1, -0.05) is 11.6 Å². The van der Waals surface area contributed by atoms with E-state index >= 15 is 0 Å². The van der Waals surface area contributed by atoms with Crippen molar-refractivity contribution in [2.24, 2.45) is 0 Å². The molecule has 0 fully saturated rings. The highest BCUT2D eigenvalue weighted by atomic mass is 35.5. The van der Waals surface area contributed by atoms with Crippen LogP contribution in [0.25, 0.3) is 10.1 Å². The SMILES string of the molecule is O=C(NCc1cc[nH]c1)c1sc2cc(F)ccc2c1Cl. The molecule has 0 saturated heterocycles. The average molecular weight is 309 g/mol. The standard InChI is InChI=1S/C14H10ClFN2OS/c15-12-10-2-1-9(16)5-11(10)20-13(12)14(19)18-7-8-3-4-17-6-8/h1-6,17H,7H2,(H,18,19). The van der Waals surface area contributed by atoms with E-state index in [0.29, 0.717) is 26.5 Å². The van der Waals surface area contributed by atoms with E-state index in [1.54, 1.807) is 12.3 Å². The van der Waals surface area contributed by atoms with Gasteiger partial charge in [0.2, 0.25) is 0 Å². The van der Waals surface area contributed by atoms with Crippen molar-refractivity contribution in [3.05, 3.63) is 57.9 Å². The highest BCUT2D eigenvalue weighted by Gasteiger charge is 2.17. The Morgan fingerprint density at radius 1 is 1.40 bits per heavy atom. The topological polar surface area (TPSA) is 44.9 Å². The van der Waals surface area contributed by atoms with E-state index in [1.165, 1.54) is 23.5 Å². The van der Waals surface area contributed by atoms with Crippen molar-refractivity contribution in [2.75, 3.05) is 0 Å². The smallest absolute Gasteiger partial charge is 0.263 e.